The molecule has 4 atom stereocenters. The molecule has 1 saturated heterocycles. The molecule has 12 heavy (non-hydrogen) atoms. The van der Waals surface area contributed by atoms with Crippen LogP contribution in [0.25, 0.3) is 0 Å². The van der Waals surface area contributed by atoms with Gasteiger partial charge in [-0.15, -0.1) is 0 Å². The summed E-state index contributed by atoms with van der Waals surface area (Å²) >= 11 is 0. The van der Waals surface area contributed by atoms with Crippen LogP contribution in [0.1, 0.15) is 13.3 Å². The van der Waals surface area contributed by atoms with Crippen LogP contribution in [-0.4, -0.2) is 31.6 Å². The van der Waals surface area contributed by atoms with Crippen molar-refractivity contribution in [2.45, 2.75) is 24.8 Å². The lowest BCUT2D eigenvalue weighted by atomic mass is 9.62. The van der Waals surface area contributed by atoms with Crippen molar-refractivity contribution in [1.82, 2.24) is 0 Å². The second-order valence-electron chi connectivity index (χ2n) is 3.89. The van der Waals surface area contributed by atoms with E-state index >= 15 is 0 Å². The molecule has 0 bridgehead atoms. The summed E-state index contributed by atoms with van der Waals surface area (Å²) in [4.78, 5) is 11.2. The van der Waals surface area contributed by atoms with Gasteiger partial charge in [0, 0.05) is 5.92 Å². The molecule has 0 amide bonds. The molecular weight excluding hydrogens is 155 g/mol. The Balaban J connectivity index is 2.34. The van der Waals surface area contributed by atoms with Gasteiger partial charge in [-0.3, -0.25) is 4.79 Å². The zero-order valence-corrected chi connectivity index (χ0v) is 6.99. The fourth-order valence-corrected chi connectivity index (χ4v) is 2.28. The normalized spacial score (nSPS) is 52.2. The van der Waals surface area contributed by atoms with Crippen LogP contribution in [0.3, 0.4) is 0 Å². The number of ether oxygens (including phenoxy) is 1. The smallest absolute Gasteiger partial charge is 0.306 e. The van der Waals surface area contributed by atoms with Gasteiger partial charge in [0.25, 0.3) is 0 Å². The van der Waals surface area contributed by atoms with Crippen LogP contribution in [0, 0.1) is 11.8 Å². The first kappa shape index (κ1) is 8.11. The van der Waals surface area contributed by atoms with Crippen LogP contribution in [0.4, 0.5) is 0 Å². The quantitative estimate of drug-likeness (QED) is 0.403. The van der Waals surface area contributed by atoms with E-state index in [0.29, 0.717) is 6.61 Å². The summed E-state index contributed by atoms with van der Waals surface area (Å²) in [6, 6.07) is 0. The molecule has 4 heteroatoms. The molecule has 2 radical (unpaired) electrons. The van der Waals surface area contributed by atoms with E-state index in [1.807, 2.05) is 6.92 Å². The number of aliphatic hydroxyl groups is 1. The molecule has 0 aromatic heterocycles. The molecular formula is C8H11BO3. The Hall–Kier alpha value is -0.505. The highest BCUT2D eigenvalue weighted by Gasteiger charge is 2.58. The van der Waals surface area contributed by atoms with Crippen molar-refractivity contribution in [3.8, 4) is 0 Å². The van der Waals surface area contributed by atoms with Gasteiger partial charge in [-0.1, -0.05) is 6.92 Å². The van der Waals surface area contributed by atoms with Gasteiger partial charge in [0.05, 0.1) is 25.9 Å². The number of rotatable bonds is 0. The summed E-state index contributed by atoms with van der Waals surface area (Å²) < 4.78 is 4.82. The van der Waals surface area contributed by atoms with Gasteiger partial charge in [0.1, 0.15) is 0 Å². The number of hydrogen-bond acceptors (Lipinski definition) is 3. The number of esters is 1. The number of cyclic esters (lactones) is 1. The molecule has 2 aliphatic rings. The maximum Gasteiger partial charge on any atom is 0.306 e. The van der Waals surface area contributed by atoms with E-state index < -0.39 is 17.4 Å². The van der Waals surface area contributed by atoms with E-state index in [1.54, 1.807) is 0 Å². The summed E-state index contributed by atoms with van der Waals surface area (Å²) in [5.41, 5.74) is 0. The first-order chi connectivity index (χ1) is 5.56. The largest absolute Gasteiger partial charge is 0.465 e. The van der Waals surface area contributed by atoms with Crippen molar-refractivity contribution >= 4 is 13.8 Å². The topological polar surface area (TPSA) is 46.5 Å². The Morgan fingerprint density at radius 3 is 3.00 bits per heavy atom. The zero-order chi connectivity index (χ0) is 8.93. The molecule has 0 aromatic rings. The average molecular weight is 166 g/mol. The lowest BCUT2D eigenvalue weighted by molar-refractivity contribution is -0.143. The highest BCUT2D eigenvalue weighted by atomic mass is 16.5. The molecule has 64 valence electrons. The highest BCUT2D eigenvalue weighted by molar-refractivity contribution is 6.28. The lowest BCUT2D eigenvalue weighted by Gasteiger charge is -2.24. The van der Waals surface area contributed by atoms with Gasteiger partial charge < -0.3 is 9.84 Å². The molecule has 1 aliphatic heterocycles. The number of hydrogen-bond donors (Lipinski definition) is 1. The molecule has 1 N–H and O–H groups in total. The molecule has 2 fully saturated rings. The van der Waals surface area contributed by atoms with E-state index in [4.69, 9.17) is 12.6 Å². The summed E-state index contributed by atoms with van der Waals surface area (Å²) in [6.45, 7) is 2.28. The fraction of sp³-hybridized carbons (Fsp3) is 0.875. The van der Waals surface area contributed by atoms with Crippen LogP contribution in [0.15, 0.2) is 0 Å². The predicted molar refractivity (Wildman–Crippen MR) is 42.7 cm³/mol. The van der Waals surface area contributed by atoms with E-state index in [0.717, 1.165) is 6.42 Å². The number of aliphatic hydroxyl groups excluding tert-OH is 1. The van der Waals surface area contributed by atoms with Crippen molar-refractivity contribution in [2.75, 3.05) is 6.61 Å². The monoisotopic (exact) mass is 166 g/mol. The van der Waals surface area contributed by atoms with Crippen molar-refractivity contribution in [1.29, 1.82) is 0 Å². The van der Waals surface area contributed by atoms with Crippen LogP contribution in [0.2, 0.25) is 5.31 Å². The van der Waals surface area contributed by atoms with Gasteiger partial charge in [-0.25, -0.2) is 0 Å². The summed E-state index contributed by atoms with van der Waals surface area (Å²) in [7, 11) is 5.82. The summed E-state index contributed by atoms with van der Waals surface area (Å²) in [6.07, 6.45) is 0.0427. The van der Waals surface area contributed by atoms with Crippen molar-refractivity contribution < 1.29 is 14.6 Å². The SMILES string of the molecule is [B][C@]12C(=O)OC[C@H]1C[C@H](C)C2O. The van der Waals surface area contributed by atoms with Gasteiger partial charge in [-0.2, -0.15) is 0 Å². The minimum atomic E-state index is -1.11. The van der Waals surface area contributed by atoms with Crippen molar-refractivity contribution in [3.63, 3.8) is 0 Å². The van der Waals surface area contributed by atoms with E-state index in [-0.39, 0.29) is 11.8 Å². The first-order valence-electron chi connectivity index (χ1n) is 4.21. The number of carbonyl (C=O) groups is 1. The fourth-order valence-electron chi connectivity index (χ4n) is 2.28. The molecule has 1 aliphatic carbocycles. The molecule has 3 nitrogen and oxygen atoms in total. The second kappa shape index (κ2) is 2.25. The first-order valence-corrected chi connectivity index (χ1v) is 4.21. The van der Waals surface area contributed by atoms with Crippen LogP contribution < -0.4 is 0 Å². The molecule has 0 spiro atoms. The Labute approximate surface area is 72.5 Å². The van der Waals surface area contributed by atoms with Crippen LogP contribution >= 0.6 is 0 Å². The molecule has 1 unspecified atom stereocenters. The third-order valence-electron chi connectivity index (χ3n) is 3.13. The van der Waals surface area contributed by atoms with Crippen LogP contribution in [-0.2, 0) is 9.53 Å². The van der Waals surface area contributed by atoms with Gasteiger partial charge in [0.15, 0.2) is 0 Å². The minimum absolute atomic E-state index is 0.00926. The Bertz CT molecular complexity index is 226. The standard InChI is InChI=1S/C8H11BO3/c1-4-2-5-3-12-7(11)8(5,9)6(4)10/h4-6,10H,2-3H2,1H3/t4-,5+,6?,8+/m0/s1. The molecule has 2 rings (SSSR count). The Morgan fingerprint density at radius 2 is 2.42 bits per heavy atom. The summed E-state index contributed by atoms with van der Waals surface area (Å²) in [5, 5.41) is 8.56. The Kier molecular flexibility index (Phi) is 1.52. The summed E-state index contributed by atoms with van der Waals surface area (Å²) in [5.74, 6) is -0.327. The van der Waals surface area contributed by atoms with Gasteiger partial charge >= 0.3 is 5.97 Å². The van der Waals surface area contributed by atoms with Gasteiger partial charge in [-0.05, 0) is 12.3 Å². The third-order valence-corrected chi connectivity index (χ3v) is 3.13. The second-order valence-corrected chi connectivity index (χ2v) is 3.89. The molecule has 1 saturated carbocycles. The zero-order valence-electron chi connectivity index (χ0n) is 6.99. The van der Waals surface area contributed by atoms with Crippen molar-refractivity contribution in [3.05, 3.63) is 0 Å². The van der Waals surface area contributed by atoms with Gasteiger partial charge in [0.2, 0.25) is 0 Å². The average Bonchev–Trinajstić information content (AvgIpc) is 2.41. The van der Waals surface area contributed by atoms with E-state index in [2.05, 4.69) is 0 Å². The number of carbonyl (C=O) groups excluding carboxylic acids is 1. The van der Waals surface area contributed by atoms with E-state index in [1.165, 1.54) is 0 Å². The van der Waals surface area contributed by atoms with Crippen LogP contribution in [0.5, 0.6) is 0 Å². The highest BCUT2D eigenvalue weighted by Crippen LogP contribution is 2.54. The minimum Gasteiger partial charge on any atom is -0.465 e. The lowest BCUT2D eigenvalue weighted by Crippen LogP contribution is -2.34. The predicted octanol–water partition coefficient (Wildman–Crippen LogP) is -0.113. The maximum atomic E-state index is 11.2. The third kappa shape index (κ3) is 0.737. The molecule has 1 heterocycles. The number of fused-ring (bicyclic) bond motifs is 1. The van der Waals surface area contributed by atoms with E-state index in [9.17, 15) is 9.90 Å². The Morgan fingerprint density at radius 1 is 1.75 bits per heavy atom. The van der Waals surface area contributed by atoms with Crippen molar-refractivity contribution in [2.24, 2.45) is 11.8 Å². The maximum absolute atomic E-state index is 11.2. The molecule has 0 aromatic carbocycles.